The van der Waals surface area contributed by atoms with Crippen molar-refractivity contribution >= 4 is 0 Å². The fourth-order valence-electron chi connectivity index (χ4n) is 3.07. The van der Waals surface area contributed by atoms with E-state index in [1.54, 1.807) is 7.11 Å². The Bertz CT molecular complexity index is 408. The first kappa shape index (κ1) is 16.4. The predicted octanol–water partition coefficient (Wildman–Crippen LogP) is 2.75. The van der Waals surface area contributed by atoms with Crippen LogP contribution in [0.4, 0.5) is 0 Å². The lowest BCUT2D eigenvalue weighted by Gasteiger charge is -2.31. The van der Waals surface area contributed by atoms with Gasteiger partial charge in [-0.3, -0.25) is 0 Å². The molecular weight excluding hydrogens is 266 g/mol. The number of rotatable bonds is 8. The topological polar surface area (TPSA) is 60.2 Å². The summed E-state index contributed by atoms with van der Waals surface area (Å²) >= 11 is 0. The number of hydrogen-bond donors (Lipinski definition) is 1. The van der Waals surface area contributed by atoms with Crippen LogP contribution in [0.1, 0.15) is 57.7 Å². The van der Waals surface area contributed by atoms with Gasteiger partial charge in [-0.25, -0.2) is 0 Å². The summed E-state index contributed by atoms with van der Waals surface area (Å²) in [5.41, 5.74) is 0. The molecule has 0 amide bonds. The number of aromatic nitrogens is 2. The van der Waals surface area contributed by atoms with E-state index in [1.165, 1.54) is 32.1 Å². The SMILES string of the molecule is CCCNC1CCCCC1Cc1nc(CC(C)OC)no1. The van der Waals surface area contributed by atoms with Gasteiger partial charge in [0.2, 0.25) is 5.89 Å². The number of hydrogen-bond acceptors (Lipinski definition) is 5. The van der Waals surface area contributed by atoms with E-state index in [2.05, 4.69) is 22.4 Å². The zero-order chi connectivity index (χ0) is 15.1. The Balaban J connectivity index is 1.89. The van der Waals surface area contributed by atoms with Crippen molar-refractivity contribution < 1.29 is 9.26 Å². The maximum Gasteiger partial charge on any atom is 0.226 e. The minimum atomic E-state index is 0.129. The second kappa shape index (κ2) is 8.49. The normalized spacial score (nSPS) is 24.1. The van der Waals surface area contributed by atoms with Gasteiger partial charge in [0.25, 0.3) is 0 Å². The summed E-state index contributed by atoms with van der Waals surface area (Å²) in [4.78, 5) is 4.52. The van der Waals surface area contributed by atoms with Crippen LogP contribution in [0.5, 0.6) is 0 Å². The lowest BCUT2D eigenvalue weighted by molar-refractivity contribution is 0.116. The second-order valence-corrected chi connectivity index (χ2v) is 6.16. The molecule has 1 N–H and O–H groups in total. The molecule has 3 atom stereocenters. The smallest absolute Gasteiger partial charge is 0.226 e. The molecule has 5 nitrogen and oxygen atoms in total. The second-order valence-electron chi connectivity index (χ2n) is 6.16. The summed E-state index contributed by atoms with van der Waals surface area (Å²) in [5.74, 6) is 2.16. The average Bonchev–Trinajstić information content (AvgIpc) is 2.93. The van der Waals surface area contributed by atoms with Crippen LogP contribution < -0.4 is 5.32 Å². The van der Waals surface area contributed by atoms with Crippen LogP contribution in [0.2, 0.25) is 0 Å². The number of methoxy groups -OCH3 is 1. The minimum Gasteiger partial charge on any atom is -0.381 e. The molecular formula is C16H29N3O2. The standard InChI is InChI=1S/C16H29N3O2/c1-4-9-17-14-8-6-5-7-13(14)11-16-18-15(19-21-16)10-12(2)20-3/h12-14,17H,4-11H2,1-3H3. The molecule has 0 radical (unpaired) electrons. The summed E-state index contributed by atoms with van der Waals surface area (Å²) in [5, 5.41) is 7.75. The third-order valence-corrected chi connectivity index (χ3v) is 4.38. The molecule has 0 saturated heterocycles. The molecule has 0 aromatic carbocycles. The van der Waals surface area contributed by atoms with Gasteiger partial charge in [-0.2, -0.15) is 4.98 Å². The third kappa shape index (κ3) is 5.08. The van der Waals surface area contributed by atoms with Crippen LogP contribution in [-0.2, 0) is 17.6 Å². The number of nitrogens with zero attached hydrogens (tertiary/aromatic N) is 2. The molecule has 0 bridgehead atoms. The molecule has 0 spiro atoms. The van der Waals surface area contributed by atoms with Crippen LogP contribution in [0.3, 0.4) is 0 Å². The van der Waals surface area contributed by atoms with Gasteiger partial charge in [0, 0.05) is 26.0 Å². The van der Waals surface area contributed by atoms with Gasteiger partial charge in [0.05, 0.1) is 6.10 Å². The van der Waals surface area contributed by atoms with Crippen molar-refractivity contribution in [3.8, 4) is 0 Å². The Hall–Kier alpha value is -0.940. The predicted molar refractivity (Wildman–Crippen MR) is 82.2 cm³/mol. The van der Waals surface area contributed by atoms with E-state index in [4.69, 9.17) is 9.26 Å². The van der Waals surface area contributed by atoms with Crippen LogP contribution in [0.15, 0.2) is 4.52 Å². The highest BCUT2D eigenvalue weighted by Crippen LogP contribution is 2.27. The molecule has 1 heterocycles. The molecule has 1 saturated carbocycles. The van der Waals surface area contributed by atoms with Gasteiger partial charge in [-0.1, -0.05) is 24.9 Å². The lowest BCUT2D eigenvalue weighted by Crippen LogP contribution is -2.39. The molecule has 2 rings (SSSR count). The maximum absolute atomic E-state index is 5.42. The number of nitrogens with one attached hydrogen (secondary N) is 1. The molecule has 0 aliphatic heterocycles. The highest BCUT2D eigenvalue weighted by molar-refractivity contribution is 4.93. The Labute approximate surface area is 127 Å². The maximum atomic E-state index is 5.42. The van der Waals surface area contributed by atoms with Crippen molar-refractivity contribution in [2.24, 2.45) is 5.92 Å². The van der Waals surface area contributed by atoms with Crippen LogP contribution in [0.25, 0.3) is 0 Å². The van der Waals surface area contributed by atoms with Gasteiger partial charge in [0.15, 0.2) is 5.82 Å². The highest BCUT2D eigenvalue weighted by Gasteiger charge is 2.26. The summed E-state index contributed by atoms with van der Waals surface area (Å²) < 4.78 is 10.7. The van der Waals surface area contributed by atoms with E-state index in [-0.39, 0.29) is 6.10 Å². The first-order valence-corrected chi connectivity index (χ1v) is 8.30. The zero-order valence-electron chi connectivity index (χ0n) is 13.6. The Kier molecular flexibility index (Phi) is 6.64. The van der Waals surface area contributed by atoms with E-state index in [9.17, 15) is 0 Å². The van der Waals surface area contributed by atoms with Gasteiger partial charge in [0.1, 0.15) is 0 Å². The van der Waals surface area contributed by atoms with E-state index in [0.29, 0.717) is 18.4 Å². The molecule has 1 aromatic heterocycles. The lowest BCUT2D eigenvalue weighted by atomic mass is 9.82. The fraction of sp³-hybridized carbons (Fsp3) is 0.875. The van der Waals surface area contributed by atoms with Crippen molar-refractivity contribution in [3.63, 3.8) is 0 Å². The first-order chi connectivity index (χ1) is 10.2. The molecule has 120 valence electrons. The van der Waals surface area contributed by atoms with E-state index < -0.39 is 0 Å². The van der Waals surface area contributed by atoms with E-state index in [0.717, 1.165) is 24.7 Å². The number of ether oxygens (including phenoxy) is 1. The van der Waals surface area contributed by atoms with Crippen LogP contribution >= 0.6 is 0 Å². The highest BCUT2D eigenvalue weighted by atomic mass is 16.5. The summed E-state index contributed by atoms with van der Waals surface area (Å²) in [6.45, 7) is 5.33. The van der Waals surface area contributed by atoms with Crippen molar-refractivity contribution in [1.29, 1.82) is 0 Å². The average molecular weight is 295 g/mol. The Morgan fingerprint density at radius 1 is 1.38 bits per heavy atom. The summed E-state index contributed by atoms with van der Waals surface area (Å²) in [6, 6.07) is 0.604. The van der Waals surface area contributed by atoms with Gasteiger partial charge >= 0.3 is 0 Å². The molecule has 1 aliphatic carbocycles. The fourth-order valence-corrected chi connectivity index (χ4v) is 3.07. The van der Waals surface area contributed by atoms with Crippen molar-refractivity contribution in [2.75, 3.05) is 13.7 Å². The van der Waals surface area contributed by atoms with Gasteiger partial charge < -0.3 is 14.6 Å². The molecule has 1 aromatic rings. The van der Waals surface area contributed by atoms with E-state index in [1.807, 2.05) is 6.92 Å². The van der Waals surface area contributed by atoms with Crippen LogP contribution in [0, 0.1) is 5.92 Å². The van der Waals surface area contributed by atoms with Crippen LogP contribution in [-0.4, -0.2) is 35.9 Å². The molecule has 21 heavy (non-hydrogen) atoms. The summed E-state index contributed by atoms with van der Waals surface area (Å²) in [6.07, 6.45) is 8.10. The molecule has 1 fully saturated rings. The first-order valence-electron chi connectivity index (χ1n) is 8.30. The Morgan fingerprint density at radius 3 is 2.95 bits per heavy atom. The zero-order valence-corrected chi connectivity index (χ0v) is 13.6. The van der Waals surface area contributed by atoms with E-state index >= 15 is 0 Å². The molecule has 5 heteroatoms. The quantitative estimate of drug-likeness (QED) is 0.799. The Morgan fingerprint density at radius 2 is 2.19 bits per heavy atom. The van der Waals surface area contributed by atoms with Gasteiger partial charge in [-0.05, 0) is 38.6 Å². The van der Waals surface area contributed by atoms with Crippen molar-refractivity contribution in [1.82, 2.24) is 15.5 Å². The van der Waals surface area contributed by atoms with Gasteiger partial charge in [-0.15, -0.1) is 0 Å². The van der Waals surface area contributed by atoms with Crippen molar-refractivity contribution in [3.05, 3.63) is 11.7 Å². The summed E-state index contributed by atoms with van der Waals surface area (Å²) in [7, 11) is 1.71. The molecule has 1 aliphatic rings. The molecule has 3 unspecified atom stereocenters. The van der Waals surface area contributed by atoms with Crippen molar-refractivity contribution in [2.45, 2.75) is 70.9 Å². The largest absolute Gasteiger partial charge is 0.381 e. The third-order valence-electron chi connectivity index (χ3n) is 4.38. The minimum absolute atomic E-state index is 0.129. The monoisotopic (exact) mass is 295 g/mol.